The number of phosphoric ester groups is 1. The van der Waals surface area contributed by atoms with Gasteiger partial charge in [0.15, 0.2) is 0 Å². The average molecular weight is 855 g/mol. The van der Waals surface area contributed by atoms with E-state index in [1.54, 1.807) is 12.1 Å². The molecule has 1 aliphatic heterocycles. The van der Waals surface area contributed by atoms with Gasteiger partial charge in [0.05, 0.1) is 0 Å². The Labute approximate surface area is 361 Å². The summed E-state index contributed by atoms with van der Waals surface area (Å²) in [6.45, 7) is 26.2. The Morgan fingerprint density at radius 1 is 0.459 bits per heavy atom. The fourth-order valence-electron chi connectivity index (χ4n) is 7.61. The van der Waals surface area contributed by atoms with Crippen LogP contribution in [0.3, 0.4) is 0 Å². The Kier molecular flexibility index (Phi) is 10.6. The van der Waals surface area contributed by atoms with Crippen molar-refractivity contribution >= 4 is 38.0 Å². The summed E-state index contributed by atoms with van der Waals surface area (Å²) < 4.78 is 55.9. The van der Waals surface area contributed by atoms with E-state index in [0.29, 0.717) is 39.7 Å². The summed E-state index contributed by atoms with van der Waals surface area (Å²) in [5, 5.41) is 1.84. The molecule has 61 heavy (non-hydrogen) atoms. The lowest BCUT2D eigenvalue weighted by Gasteiger charge is -2.32. The van der Waals surface area contributed by atoms with Crippen LogP contribution in [0.1, 0.15) is 105 Å². The van der Waals surface area contributed by atoms with E-state index in [9.17, 15) is 0 Å². The minimum atomic E-state index is -4.45. The zero-order valence-electron chi connectivity index (χ0n) is 37.3. The molecule has 8 rings (SSSR count). The molecule has 0 fully saturated rings. The molecule has 7 nitrogen and oxygen atoms in total. The molecule has 9 heteroatoms. The summed E-state index contributed by atoms with van der Waals surface area (Å²) in [6, 6.07) is 39.6. The van der Waals surface area contributed by atoms with Gasteiger partial charge < -0.3 is 26.5 Å². The van der Waals surface area contributed by atoms with Crippen LogP contribution in [0, 0.1) is 0 Å². The van der Waals surface area contributed by atoms with E-state index in [2.05, 4.69) is 107 Å². The monoisotopic (exact) mass is 854 g/mol. The van der Waals surface area contributed by atoms with E-state index in [0.717, 1.165) is 49.7 Å². The van der Waals surface area contributed by atoms with Gasteiger partial charge in [-0.1, -0.05) is 168 Å². The first-order valence-corrected chi connectivity index (χ1v) is 23.4. The van der Waals surface area contributed by atoms with Gasteiger partial charge in [0.1, 0.15) is 34.2 Å². The zero-order valence-corrected chi connectivity index (χ0v) is 39.1. The molecule has 0 saturated heterocycles. The third-order valence-electron chi connectivity index (χ3n) is 11.1. The number of fused-ring (bicyclic) bond motifs is 6. The minimum Gasteiger partial charge on any atom is -0.390 e. The Hall–Kier alpha value is -5.35. The van der Waals surface area contributed by atoms with Crippen LogP contribution < -0.4 is 18.1 Å². The fraction of sp³-hybridized carbons (Fsp3) is 0.308. The molecule has 6 aromatic carbocycles. The van der Waals surface area contributed by atoms with Gasteiger partial charge in [0.25, 0.3) is 0 Å². The normalized spacial score (nSPS) is 14.0. The summed E-state index contributed by atoms with van der Waals surface area (Å²) in [4.78, 5) is 0. The van der Waals surface area contributed by atoms with Crippen molar-refractivity contribution in [3.8, 4) is 45.3 Å². The summed E-state index contributed by atoms with van der Waals surface area (Å²) in [5.41, 5.74) is 6.76. The van der Waals surface area contributed by atoms with Gasteiger partial charge in [-0.15, -0.1) is 0 Å². The highest BCUT2D eigenvalue weighted by Crippen LogP contribution is 2.60. The molecule has 0 bridgehead atoms. The highest BCUT2D eigenvalue weighted by Gasteiger charge is 2.41. The topological polar surface area (TPSA) is 80.3 Å². The second-order valence-corrected chi connectivity index (χ2v) is 22.4. The molecule has 0 unspecified atom stereocenters. The van der Waals surface area contributed by atoms with Crippen molar-refractivity contribution in [3.05, 3.63) is 144 Å². The molecule has 0 atom stereocenters. The Balaban J connectivity index is 1.46. The standard InChI is InChI=1S/C52H56O7P2/c1-49(2,3)33-29-39(47(41(31-33)51(7,8)9)56-60-54-43-25-17-13-21-35(43)36-22-14-18-26-44(36)55-60)40-30-34(50(4,5)6)32-42(52(10,11)12)48(40)59-61(53)57-45-27-19-15-23-37(45)38-24-16-20-28-46(38)58-61/h13-32H,1-12H3. The van der Waals surface area contributed by atoms with E-state index in [1.807, 2.05) is 84.9 Å². The summed E-state index contributed by atoms with van der Waals surface area (Å²) >= 11 is 0. The second-order valence-electron chi connectivity index (χ2n) is 20.0. The van der Waals surface area contributed by atoms with Crippen LogP contribution >= 0.6 is 16.1 Å². The Bertz CT molecular complexity index is 2790. The summed E-state index contributed by atoms with van der Waals surface area (Å²) in [7, 11) is -6.51. The van der Waals surface area contributed by atoms with Crippen molar-refractivity contribution < 1.29 is 31.1 Å². The zero-order chi connectivity index (χ0) is 43.7. The number of para-hydroxylation sites is 4. The van der Waals surface area contributed by atoms with E-state index < -0.39 is 26.9 Å². The van der Waals surface area contributed by atoms with Crippen LogP contribution in [-0.4, -0.2) is 0 Å². The first-order chi connectivity index (χ1) is 28.6. The van der Waals surface area contributed by atoms with E-state index in [4.69, 9.17) is 26.5 Å². The summed E-state index contributed by atoms with van der Waals surface area (Å²) in [5.74, 6) is 1.76. The molecule has 2 heterocycles. The molecule has 316 valence electrons. The van der Waals surface area contributed by atoms with Crippen LogP contribution in [0.25, 0.3) is 44.2 Å². The third-order valence-corrected chi connectivity index (χ3v) is 13.3. The molecule has 1 aliphatic rings. The second kappa shape index (κ2) is 15.2. The van der Waals surface area contributed by atoms with Crippen LogP contribution in [0.2, 0.25) is 0 Å². The van der Waals surface area contributed by atoms with Gasteiger partial charge in [0.2, 0.25) is 0 Å². The van der Waals surface area contributed by atoms with Crippen molar-refractivity contribution in [2.45, 2.75) is 105 Å². The van der Waals surface area contributed by atoms with E-state index in [-0.39, 0.29) is 10.8 Å². The molecule has 7 aromatic rings. The number of rotatable bonds is 5. The lowest BCUT2D eigenvalue weighted by Crippen LogP contribution is -2.20. The van der Waals surface area contributed by atoms with Gasteiger partial charge >= 0.3 is 16.1 Å². The maximum atomic E-state index is 15.5. The predicted octanol–water partition coefficient (Wildman–Crippen LogP) is 16.6. The van der Waals surface area contributed by atoms with Gasteiger partial charge in [-0.05, 0) is 69.2 Å². The number of phosphoric acid groups is 1. The van der Waals surface area contributed by atoms with Crippen LogP contribution in [-0.2, 0) is 26.2 Å². The maximum Gasteiger partial charge on any atom is 0.647 e. The van der Waals surface area contributed by atoms with Gasteiger partial charge in [-0.2, -0.15) is 4.57 Å². The number of hydrogen-bond acceptors (Lipinski definition) is 7. The number of hydrogen-bond donors (Lipinski definition) is 0. The highest BCUT2D eigenvalue weighted by molar-refractivity contribution is 7.49. The minimum absolute atomic E-state index is 0.269. The lowest BCUT2D eigenvalue weighted by molar-refractivity contribution is 0.299. The first-order valence-electron chi connectivity index (χ1n) is 20.9. The van der Waals surface area contributed by atoms with Gasteiger partial charge in [-0.3, -0.25) is 0 Å². The van der Waals surface area contributed by atoms with Gasteiger partial charge in [0, 0.05) is 44.2 Å². The van der Waals surface area contributed by atoms with Gasteiger partial charge in [-0.25, -0.2) is 0 Å². The van der Waals surface area contributed by atoms with Crippen molar-refractivity contribution in [2.24, 2.45) is 0 Å². The lowest BCUT2D eigenvalue weighted by atomic mass is 9.75. The van der Waals surface area contributed by atoms with Crippen LogP contribution in [0.4, 0.5) is 0 Å². The predicted molar refractivity (Wildman–Crippen MR) is 250 cm³/mol. The molecule has 0 saturated carbocycles. The molecular formula is C52H56O7P2. The quantitative estimate of drug-likeness (QED) is 0.160. The van der Waals surface area contributed by atoms with E-state index in [1.165, 1.54) is 0 Å². The SMILES string of the molecule is CC(C)(C)c1cc(-c2cc(C(C)(C)C)cc(C(C)(C)C)c2OP2(=O)Oc3ccccc3-c3ccccc3O2)c(Op2oc3ccccc3c3ccccc3o2)c(C(C)(C)C)c1. The molecule has 0 aliphatic carbocycles. The largest absolute Gasteiger partial charge is 0.647 e. The fourth-order valence-corrected chi connectivity index (χ4v) is 10.0. The van der Waals surface area contributed by atoms with Crippen LogP contribution in [0.5, 0.6) is 23.0 Å². The maximum absolute atomic E-state index is 15.5. The molecule has 1 aromatic heterocycles. The Morgan fingerprint density at radius 2 is 0.852 bits per heavy atom. The number of benzene rings is 6. The average Bonchev–Trinajstić information content (AvgIpc) is 3.41. The molecule has 0 radical (unpaired) electrons. The highest BCUT2D eigenvalue weighted by atomic mass is 31.2. The molecule has 0 amide bonds. The molecule has 0 N–H and O–H groups in total. The molecular weight excluding hydrogens is 799 g/mol. The van der Waals surface area contributed by atoms with Crippen molar-refractivity contribution in [1.29, 1.82) is 0 Å². The smallest absolute Gasteiger partial charge is 0.390 e. The molecule has 0 spiro atoms. The van der Waals surface area contributed by atoms with Crippen molar-refractivity contribution in [3.63, 3.8) is 0 Å². The summed E-state index contributed by atoms with van der Waals surface area (Å²) in [6.07, 6.45) is 0. The first kappa shape index (κ1) is 42.3. The third kappa shape index (κ3) is 8.48. The van der Waals surface area contributed by atoms with Crippen LogP contribution in [0.15, 0.2) is 130 Å². The van der Waals surface area contributed by atoms with Crippen molar-refractivity contribution in [1.82, 2.24) is 0 Å². The Morgan fingerprint density at radius 3 is 1.30 bits per heavy atom. The van der Waals surface area contributed by atoms with Crippen molar-refractivity contribution in [2.75, 3.05) is 0 Å². The van der Waals surface area contributed by atoms with E-state index >= 15 is 4.57 Å².